The number of rotatable bonds is 6. The summed E-state index contributed by atoms with van der Waals surface area (Å²) in [6, 6.07) is 10.3. The van der Waals surface area contributed by atoms with E-state index in [0.717, 1.165) is 23.5 Å². The number of carbonyl (C=O) groups is 1. The average molecular weight is 328 g/mol. The van der Waals surface area contributed by atoms with E-state index in [4.69, 9.17) is 4.74 Å². The lowest BCUT2D eigenvalue weighted by atomic mass is 10.1. The van der Waals surface area contributed by atoms with E-state index in [2.05, 4.69) is 27.9 Å². The summed E-state index contributed by atoms with van der Waals surface area (Å²) in [7, 11) is 1.66. The van der Waals surface area contributed by atoms with Gasteiger partial charge in [-0.3, -0.25) is 4.68 Å². The van der Waals surface area contributed by atoms with E-state index >= 15 is 0 Å². The largest absolute Gasteiger partial charge is 0.383 e. The van der Waals surface area contributed by atoms with Crippen molar-refractivity contribution < 1.29 is 9.53 Å². The van der Waals surface area contributed by atoms with Crippen LogP contribution in [0.15, 0.2) is 30.3 Å². The quantitative estimate of drug-likeness (QED) is 0.857. The van der Waals surface area contributed by atoms with Crippen LogP contribution in [-0.2, 0) is 11.3 Å². The number of methoxy groups -OCH3 is 1. The highest BCUT2D eigenvalue weighted by atomic mass is 16.5. The van der Waals surface area contributed by atoms with Crippen molar-refractivity contribution in [1.82, 2.24) is 15.1 Å². The Morgan fingerprint density at radius 3 is 2.79 bits per heavy atom. The maximum atomic E-state index is 12.3. The van der Waals surface area contributed by atoms with Crippen molar-refractivity contribution in [2.45, 2.75) is 38.8 Å². The number of aromatic nitrogens is 2. The molecule has 2 atom stereocenters. The van der Waals surface area contributed by atoms with Crippen LogP contribution in [-0.4, -0.2) is 35.6 Å². The zero-order valence-corrected chi connectivity index (χ0v) is 14.4. The van der Waals surface area contributed by atoms with E-state index in [1.54, 1.807) is 7.11 Å². The van der Waals surface area contributed by atoms with E-state index < -0.39 is 0 Å². The van der Waals surface area contributed by atoms with Gasteiger partial charge in [-0.1, -0.05) is 30.3 Å². The Labute approximate surface area is 142 Å². The fourth-order valence-electron chi connectivity index (χ4n) is 3.01. The summed E-state index contributed by atoms with van der Waals surface area (Å²) in [5, 5.41) is 10.4. The molecule has 0 unspecified atom stereocenters. The third kappa shape index (κ3) is 3.59. The molecule has 0 aliphatic heterocycles. The molecule has 3 rings (SSSR count). The van der Waals surface area contributed by atoms with Gasteiger partial charge < -0.3 is 15.4 Å². The molecule has 6 heteroatoms. The first-order valence-electron chi connectivity index (χ1n) is 8.25. The molecular formula is C18H24N4O2. The molecule has 1 heterocycles. The number of benzene rings is 1. The summed E-state index contributed by atoms with van der Waals surface area (Å²) in [6.45, 7) is 5.12. The van der Waals surface area contributed by atoms with Crippen LogP contribution < -0.4 is 10.6 Å². The maximum absolute atomic E-state index is 12.3. The van der Waals surface area contributed by atoms with Gasteiger partial charge in [-0.05, 0) is 25.8 Å². The number of amides is 2. The van der Waals surface area contributed by atoms with Crippen LogP contribution in [0.1, 0.15) is 29.3 Å². The number of anilines is 1. The molecule has 1 saturated carbocycles. The van der Waals surface area contributed by atoms with Crippen LogP contribution >= 0.6 is 0 Å². The molecule has 1 aromatic heterocycles. The number of nitrogens with zero attached hydrogens (tertiary/aromatic N) is 2. The first-order chi connectivity index (χ1) is 11.6. The molecule has 1 aromatic carbocycles. The van der Waals surface area contributed by atoms with Gasteiger partial charge in [0.1, 0.15) is 0 Å². The number of hydrogen-bond donors (Lipinski definition) is 2. The molecule has 0 saturated heterocycles. The summed E-state index contributed by atoms with van der Waals surface area (Å²) in [5.41, 5.74) is 3.81. The third-order valence-electron chi connectivity index (χ3n) is 4.46. The van der Waals surface area contributed by atoms with Crippen LogP contribution in [0.25, 0.3) is 0 Å². The molecule has 0 bridgehead atoms. The van der Waals surface area contributed by atoms with Crippen molar-refractivity contribution in [2.24, 2.45) is 0 Å². The lowest BCUT2D eigenvalue weighted by Crippen LogP contribution is -2.31. The number of aryl methyl sites for hydroxylation is 1. The monoisotopic (exact) mass is 328 g/mol. The third-order valence-corrected chi connectivity index (χ3v) is 4.46. The summed E-state index contributed by atoms with van der Waals surface area (Å²) >= 11 is 0. The lowest BCUT2D eigenvalue weighted by molar-refractivity contribution is 0.182. The van der Waals surface area contributed by atoms with Crippen molar-refractivity contribution in [3.63, 3.8) is 0 Å². The Morgan fingerprint density at radius 2 is 2.08 bits per heavy atom. The van der Waals surface area contributed by atoms with Crippen LogP contribution in [0.3, 0.4) is 0 Å². The van der Waals surface area contributed by atoms with Crippen molar-refractivity contribution in [2.75, 3.05) is 19.0 Å². The summed E-state index contributed by atoms with van der Waals surface area (Å²) in [4.78, 5) is 12.3. The zero-order chi connectivity index (χ0) is 17.1. The van der Waals surface area contributed by atoms with Gasteiger partial charge in [0.25, 0.3) is 0 Å². The molecule has 1 aliphatic rings. The number of carbonyl (C=O) groups excluding carboxylic acids is 1. The van der Waals surface area contributed by atoms with Gasteiger partial charge >= 0.3 is 6.03 Å². The van der Waals surface area contributed by atoms with Gasteiger partial charge in [-0.15, -0.1) is 0 Å². The van der Waals surface area contributed by atoms with Crippen molar-refractivity contribution in [3.05, 3.63) is 47.3 Å². The molecule has 1 fully saturated rings. The molecule has 1 aliphatic carbocycles. The molecule has 6 nitrogen and oxygen atoms in total. The lowest BCUT2D eigenvalue weighted by Gasteiger charge is -2.08. The minimum Gasteiger partial charge on any atom is -0.383 e. The number of ether oxygens (including phenoxy) is 1. The highest BCUT2D eigenvalue weighted by Gasteiger charge is 2.39. The molecule has 2 amide bonds. The molecular weight excluding hydrogens is 304 g/mol. The van der Waals surface area contributed by atoms with Crippen molar-refractivity contribution >= 4 is 11.7 Å². The SMILES string of the molecule is COCCn1nc(C)c(NC(=O)N[C@@H]2C[C@H]2c2ccccc2)c1C. The highest BCUT2D eigenvalue weighted by Crippen LogP contribution is 2.40. The van der Waals surface area contributed by atoms with Crippen LogP contribution in [0.5, 0.6) is 0 Å². The van der Waals surface area contributed by atoms with E-state index in [1.807, 2.05) is 36.7 Å². The second-order valence-electron chi connectivity index (χ2n) is 6.22. The van der Waals surface area contributed by atoms with E-state index in [0.29, 0.717) is 19.1 Å². The molecule has 0 spiro atoms. The van der Waals surface area contributed by atoms with E-state index in [9.17, 15) is 4.79 Å². The standard InChI is InChI=1S/C18H24N4O2/c1-12-17(13(2)22(21-12)9-10-24-3)20-18(23)19-16-11-15(16)14-7-5-4-6-8-14/h4-8,15-16H,9-11H2,1-3H3,(H2,19,20,23)/t15-,16+/m0/s1. The fraction of sp³-hybridized carbons (Fsp3) is 0.444. The summed E-state index contributed by atoms with van der Waals surface area (Å²) in [6.07, 6.45) is 0.989. The van der Waals surface area contributed by atoms with E-state index in [-0.39, 0.29) is 12.1 Å². The van der Waals surface area contributed by atoms with Gasteiger partial charge in [-0.25, -0.2) is 4.79 Å². The van der Waals surface area contributed by atoms with Gasteiger partial charge in [0.05, 0.1) is 30.2 Å². The number of nitrogens with one attached hydrogen (secondary N) is 2. The van der Waals surface area contributed by atoms with Gasteiger partial charge in [-0.2, -0.15) is 5.10 Å². The molecule has 24 heavy (non-hydrogen) atoms. The van der Waals surface area contributed by atoms with Gasteiger partial charge in [0, 0.05) is 19.1 Å². The molecule has 0 radical (unpaired) electrons. The Kier molecular flexibility index (Phi) is 4.85. The Hall–Kier alpha value is -2.34. The van der Waals surface area contributed by atoms with Crippen LogP contribution in [0, 0.1) is 13.8 Å². The Bertz CT molecular complexity index is 711. The highest BCUT2D eigenvalue weighted by molar-refractivity contribution is 5.91. The number of urea groups is 1. The van der Waals surface area contributed by atoms with Crippen LogP contribution in [0.2, 0.25) is 0 Å². The molecule has 128 valence electrons. The summed E-state index contributed by atoms with van der Waals surface area (Å²) in [5.74, 6) is 0.420. The van der Waals surface area contributed by atoms with Gasteiger partial charge in [0.15, 0.2) is 0 Å². The Morgan fingerprint density at radius 1 is 1.33 bits per heavy atom. The smallest absolute Gasteiger partial charge is 0.319 e. The Balaban J connectivity index is 1.57. The predicted octanol–water partition coefficient (Wildman–Crippen LogP) is 2.82. The number of hydrogen-bond acceptors (Lipinski definition) is 3. The first kappa shape index (κ1) is 16.5. The second kappa shape index (κ2) is 7.05. The second-order valence-corrected chi connectivity index (χ2v) is 6.22. The summed E-state index contributed by atoms with van der Waals surface area (Å²) < 4.78 is 6.94. The average Bonchev–Trinajstić information content (AvgIpc) is 3.29. The minimum absolute atomic E-state index is 0.170. The zero-order valence-electron chi connectivity index (χ0n) is 14.4. The van der Waals surface area contributed by atoms with Crippen LogP contribution in [0.4, 0.5) is 10.5 Å². The first-order valence-corrected chi connectivity index (χ1v) is 8.25. The normalized spacial score (nSPS) is 19.1. The minimum atomic E-state index is -0.170. The molecule has 2 N–H and O–H groups in total. The topological polar surface area (TPSA) is 68.2 Å². The molecule has 2 aromatic rings. The maximum Gasteiger partial charge on any atom is 0.319 e. The fourth-order valence-corrected chi connectivity index (χ4v) is 3.01. The predicted molar refractivity (Wildman–Crippen MR) is 93.3 cm³/mol. The van der Waals surface area contributed by atoms with Gasteiger partial charge in [0.2, 0.25) is 0 Å². The van der Waals surface area contributed by atoms with Crippen molar-refractivity contribution in [1.29, 1.82) is 0 Å². The van der Waals surface area contributed by atoms with Crippen molar-refractivity contribution in [3.8, 4) is 0 Å². The van der Waals surface area contributed by atoms with E-state index in [1.165, 1.54) is 5.56 Å².